The molecule has 0 unspecified atom stereocenters. The van der Waals surface area contributed by atoms with Crippen LogP contribution in [0.15, 0.2) is 46.8 Å². The molecule has 102 valence electrons. The predicted octanol–water partition coefficient (Wildman–Crippen LogP) is 4.94. The molecule has 2 nitrogen and oxygen atoms in total. The van der Waals surface area contributed by atoms with E-state index in [1.54, 1.807) is 23.1 Å². The second kappa shape index (κ2) is 5.85. The molecule has 0 saturated carbocycles. The van der Waals surface area contributed by atoms with Crippen LogP contribution < -0.4 is 5.32 Å². The number of nitrogens with zero attached hydrogens (tertiary/aromatic N) is 1. The molecule has 0 aliphatic heterocycles. The first-order valence-electron chi connectivity index (χ1n) is 6.49. The van der Waals surface area contributed by atoms with Gasteiger partial charge in [-0.15, -0.1) is 11.3 Å². The first-order valence-corrected chi connectivity index (χ1v) is 8.53. The van der Waals surface area contributed by atoms with Crippen molar-refractivity contribution in [2.75, 3.05) is 11.6 Å². The number of aromatic nitrogens is 1. The number of aryl methyl sites for hydroxylation is 1. The molecule has 2 aromatic carbocycles. The van der Waals surface area contributed by atoms with Gasteiger partial charge in [0.05, 0.1) is 10.2 Å². The molecule has 0 radical (unpaired) electrons. The number of hydrogen-bond acceptors (Lipinski definition) is 4. The summed E-state index contributed by atoms with van der Waals surface area (Å²) in [4.78, 5) is 4.56. The Morgan fingerprint density at radius 3 is 2.85 bits per heavy atom. The molecule has 1 heterocycles. The SMILES string of the molecule is CSc1nc2ccc(NCc3ccccc3C)cc2s1. The molecule has 1 N–H and O–H groups in total. The van der Waals surface area contributed by atoms with Crippen molar-refractivity contribution in [3.8, 4) is 0 Å². The molecule has 4 heteroatoms. The van der Waals surface area contributed by atoms with Crippen LogP contribution in [0, 0.1) is 6.92 Å². The first kappa shape index (κ1) is 13.5. The van der Waals surface area contributed by atoms with Gasteiger partial charge in [0.15, 0.2) is 4.34 Å². The smallest absolute Gasteiger partial charge is 0.150 e. The summed E-state index contributed by atoms with van der Waals surface area (Å²) in [6.45, 7) is 3.00. The zero-order valence-corrected chi connectivity index (χ0v) is 13.1. The normalized spacial score (nSPS) is 10.9. The molecular weight excluding hydrogens is 284 g/mol. The van der Waals surface area contributed by atoms with Crippen LogP contribution in [0.3, 0.4) is 0 Å². The summed E-state index contributed by atoms with van der Waals surface area (Å²) in [6.07, 6.45) is 2.06. The largest absolute Gasteiger partial charge is 0.381 e. The lowest BCUT2D eigenvalue weighted by Gasteiger charge is -2.08. The number of anilines is 1. The topological polar surface area (TPSA) is 24.9 Å². The Balaban J connectivity index is 1.79. The van der Waals surface area contributed by atoms with Crippen molar-refractivity contribution in [1.29, 1.82) is 0 Å². The van der Waals surface area contributed by atoms with Crippen molar-refractivity contribution in [2.45, 2.75) is 17.8 Å². The second-order valence-electron chi connectivity index (χ2n) is 4.65. The fourth-order valence-electron chi connectivity index (χ4n) is 2.11. The van der Waals surface area contributed by atoms with Crippen molar-refractivity contribution in [2.24, 2.45) is 0 Å². The third-order valence-electron chi connectivity index (χ3n) is 3.29. The van der Waals surface area contributed by atoms with Gasteiger partial charge in [-0.3, -0.25) is 0 Å². The Morgan fingerprint density at radius 2 is 2.05 bits per heavy atom. The van der Waals surface area contributed by atoms with Crippen LogP contribution in [-0.4, -0.2) is 11.2 Å². The Morgan fingerprint density at radius 1 is 1.20 bits per heavy atom. The number of nitrogens with one attached hydrogen (secondary N) is 1. The van der Waals surface area contributed by atoms with Gasteiger partial charge in [0.25, 0.3) is 0 Å². The van der Waals surface area contributed by atoms with Gasteiger partial charge in [0, 0.05) is 12.2 Å². The Kier molecular flexibility index (Phi) is 3.94. The predicted molar refractivity (Wildman–Crippen MR) is 89.9 cm³/mol. The van der Waals surface area contributed by atoms with E-state index in [0.29, 0.717) is 0 Å². The fourth-order valence-corrected chi connectivity index (χ4v) is 3.64. The van der Waals surface area contributed by atoms with Gasteiger partial charge in [0.1, 0.15) is 0 Å². The van der Waals surface area contributed by atoms with Crippen LogP contribution in [0.5, 0.6) is 0 Å². The zero-order chi connectivity index (χ0) is 13.9. The monoisotopic (exact) mass is 300 g/mol. The lowest BCUT2D eigenvalue weighted by Crippen LogP contribution is -2.00. The van der Waals surface area contributed by atoms with E-state index >= 15 is 0 Å². The van der Waals surface area contributed by atoms with Crippen LogP contribution in [-0.2, 0) is 6.54 Å². The van der Waals surface area contributed by atoms with Crippen molar-refractivity contribution >= 4 is 39.0 Å². The Bertz CT molecular complexity index is 734. The maximum atomic E-state index is 4.56. The van der Waals surface area contributed by atoms with Crippen LogP contribution >= 0.6 is 23.1 Å². The third kappa shape index (κ3) is 2.81. The van der Waals surface area contributed by atoms with Gasteiger partial charge in [-0.1, -0.05) is 36.0 Å². The van der Waals surface area contributed by atoms with E-state index in [4.69, 9.17) is 0 Å². The van der Waals surface area contributed by atoms with Gasteiger partial charge in [-0.2, -0.15) is 0 Å². The highest BCUT2D eigenvalue weighted by molar-refractivity contribution is 8.00. The summed E-state index contributed by atoms with van der Waals surface area (Å²) in [5, 5.41) is 3.49. The quantitative estimate of drug-likeness (QED) is 0.691. The first-order chi connectivity index (χ1) is 9.76. The Labute approximate surface area is 127 Å². The summed E-state index contributed by atoms with van der Waals surface area (Å²) in [5.41, 5.74) is 4.89. The van der Waals surface area contributed by atoms with E-state index in [-0.39, 0.29) is 0 Å². The third-order valence-corrected chi connectivity index (χ3v) is 5.29. The Hall–Kier alpha value is -1.52. The number of thioether (sulfide) groups is 1. The van der Waals surface area contributed by atoms with E-state index < -0.39 is 0 Å². The number of thiazole rings is 1. The molecule has 0 aliphatic carbocycles. The van der Waals surface area contributed by atoms with Gasteiger partial charge >= 0.3 is 0 Å². The molecule has 0 spiro atoms. The molecule has 20 heavy (non-hydrogen) atoms. The van der Waals surface area contributed by atoms with E-state index in [0.717, 1.165) is 22.1 Å². The number of benzene rings is 2. The number of rotatable bonds is 4. The van der Waals surface area contributed by atoms with E-state index in [9.17, 15) is 0 Å². The van der Waals surface area contributed by atoms with E-state index in [1.165, 1.54) is 15.8 Å². The minimum atomic E-state index is 0.854. The van der Waals surface area contributed by atoms with Crippen LogP contribution in [0.4, 0.5) is 5.69 Å². The minimum absolute atomic E-state index is 0.854. The molecule has 3 aromatic rings. The van der Waals surface area contributed by atoms with Crippen LogP contribution in [0.2, 0.25) is 0 Å². The summed E-state index contributed by atoms with van der Waals surface area (Å²) < 4.78 is 2.36. The fraction of sp³-hybridized carbons (Fsp3) is 0.188. The van der Waals surface area contributed by atoms with Crippen molar-refractivity contribution in [3.63, 3.8) is 0 Å². The lowest BCUT2D eigenvalue weighted by atomic mass is 10.1. The van der Waals surface area contributed by atoms with Crippen LogP contribution in [0.1, 0.15) is 11.1 Å². The number of hydrogen-bond donors (Lipinski definition) is 1. The minimum Gasteiger partial charge on any atom is -0.381 e. The van der Waals surface area contributed by atoms with E-state index in [1.807, 2.05) is 0 Å². The highest BCUT2D eigenvalue weighted by Crippen LogP contribution is 2.30. The molecule has 0 atom stereocenters. The molecule has 0 aliphatic rings. The maximum absolute atomic E-state index is 4.56. The van der Waals surface area contributed by atoms with Crippen molar-refractivity contribution in [3.05, 3.63) is 53.6 Å². The molecule has 1 aromatic heterocycles. The van der Waals surface area contributed by atoms with Gasteiger partial charge in [-0.05, 0) is 42.5 Å². The summed E-state index contributed by atoms with van der Waals surface area (Å²) in [5.74, 6) is 0. The lowest BCUT2D eigenvalue weighted by molar-refractivity contribution is 1.12. The maximum Gasteiger partial charge on any atom is 0.150 e. The molecule has 0 fully saturated rings. The molecule has 0 saturated heterocycles. The van der Waals surface area contributed by atoms with Crippen LogP contribution in [0.25, 0.3) is 10.2 Å². The average molecular weight is 300 g/mol. The summed E-state index contributed by atoms with van der Waals surface area (Å²) >= 11 is 3.45. The second-order valence-corrected chi connectivity index (χ2v) is 6.73. The molecular formula is C16H16N2S2. The van der Waals surface area contributed by atoms with Crippen molar-refractivity contribution in [1.82, 2.24) is 4.98 Å². The van der Waals surface area contributed by atoms with E-state index in [2.05, 4.69) is 65.9 Å². The zero-order valence-electron chi connectivity index (χ0n) is 11.5. The molecule has 0 amide bonds. The van der Waals surface area contributed by atoms with Gasteiger partial charge < -0.3 is 5.32 Å². The molecule has 0 bridgehead atoms. The summed E-state index contributed by atoms with van der Waals surface area (Å²) in [7, 11) is 0. The molecule has 3 rings (SSSR count). The van der Waals surface area contributed by atoms with Gasteiger partial charge in [0.2, 0.25) is 0 Å². The highest BCUT2D eigenvalue weighted by atomic mass is 32.2. The van der Waals surface area contributed by atoms with Gasteiger partial charge in [-0.25, -0.2) is 4.98 Å². The van der Waals surface area contributed by atoms with Crippen molar-refractivity contribution < 1.29 is 0 Å². The average Bonchev–Trinajstić information content (AvgIpc) is 2.88. The summed E-state index contributed by atoms with van der Waals surface area (Å²) in [6, 6.07) is 14.8. The highest BCUT2D eigenvalue weighted by Gasteiger charge is 2.04. The number of fused-ring (bicyclic) bond motifs is 1. The standard InChI is InChI=1S/C16H16N2S2/c1-11-5-3-4-6-12(11)10-17-13-7-8-14-15(9-13)20-16(18-14)19-2/h3-9,17H,10H2,1-2H3.